The molecule has 0 aliphatic rings. The first kappa shape index (κ1) is 13.6. The highest BCUT2D eigenvalue weighted by Gasteiger charge is 2.10. The van der Waals surface area contributed by atoms with Crippen LogP contribution in [0.1, 0.15) is 18.3 Å². The number of rotatable bonds is 4. The molecule has 0 radical (unpaired) electrons. The average Bonchev–Trinajstić information content (AvgIpc) is 2.35. The molecule has 0 saturated heterocycles. The van der Waals surface area contributed by atoms with Crippen LogP contribution in [0.5, 0.6) is 11.6 Å². The van der Waals surface area contributed by atoms with Crippen LogP contribution in [0.25, 0.3) is 0 Å². The van der Waals surface area contributed by atoms with E-state index in [0.717, 1.165) is 17.9 Å². The van der Waals surface area contributed by atoms with Crippen LogP contribution < -0.4 is 10.1 Å². The van der Waals surface area contributed by atoms with Crippen molar-refractivity contribution >= 4 is 17.4 Å². The summed E-state index contributed by atoms with van der Waals surface area (Å²) in [6.07, 6.45) is 0. The molecule has 1 heterocycles. The van der Waals surface area contributed by atoms with Crippen molar-refractivity contribution in [3.8, 4) is 11.6 Å². The SMILES string of the molecule is CCNc1nc(C)nc(Oc2cccc(Cl)c2)c1C. The molecule has 0 aliphatic carbocycles. The summed E-state index contributed by atoms with van der Waals surface area (Å²) in [5.41, 5.74) is 0.882. The molecule has 0 atom stereocenters. The lowest BCUT2D eigenvalue weighted by atomic mass is 10.3. The number of hydrogen-bond donors (Lipinski definition) is 1. The van der Waals surface area contributed by atoms with Crippen LogP contribution in [0.2, 0.25) is 5.02 Å². The smallest absolute Gasteiger partial charge is 0.227 e. The van der Waals surface area contributed by atoms with E-state index in [1.807, 2.05) is 32.9 Å². The van der Waals surface area contributed by atoms with Crippen molar-refractivity contribution in [2.45, 2.75) is 20.8 Å². The predicted octanol–water partition coefficient (Wildman–Crippen LogP) is 3.97. The molecule has 100 valence electrons. The third kappa shape index (κ3) is 3.35. The summed E-state index contributed by atoms with van der Waals surface area (Å²) in [5, 5.41) is 3.83. The Hall–Kier alpha value is -1.81. The molecule has 2 aromatic rings. The highest BCUT2D eigenvalue weighted by Crippen LogP contribution is 2.28. The van der Waals surface area contributed by atoms with Gasteiger partial charge in [0.2, 0.25) is 5.88 Å². The Kier molecular flexibility index (Phi) is 4.22. The number of anilines is 1. The van der Waals surface area contributed by atoms with E-state index in [9.17, 15) is 0 Å². The third-order valence-electron chi connectivity index (χ3n) is 2.57. The van der Waals surface area contributed by atoms with E-state index in [1.54, 1.807) is 12.1 Å². The van der Waals surface area contributed by atoms with E-state index in [-0.39, 0.29) is 0 Å². The van der Waals surface area contributed by atoms with Crippen molar-refractivity contribution in [2.24, 2.45) is 0 Å². The van der Waals surface area contributed by atoms with Crippen molar-refractivity contribution in [1.29, 1.82) is 0 Å². The van der Waals surface area contributed by atoms with Gasteiger partial charge in [0, 0.05) is 11.6 Å². The number of aromatic nitrogens is 2. The lowest BCUT2D eigenvalue weighted by Crippen LogP contribution is -2.06. The molecule has 1 N–H and O–H groups in total. The number of ether oxygens (including phenoxy) is 1. The molecule has 0 spiro atoms. The highest BCUT2D eigenvalue weighted by atomic mass is 35.5. The molecule has 0 unspecified atom stereocenters. The maximum atomic E-state index is 5.94. The van der Waals surface area contributed by atoms with Gasteiger partial charge in [-0.05, 0) is 39.0 Å². The zero-order chi connectivity index (χ0) is 13.8. The highest BCUT2D eigenvalue weighted by molar-refractivity contribution is 6.30. The number of nitrogens with one attached hydrogen (secondary N) is 1. The molecule has 1 aromatic carbocycles. The van der Waals surface area contributed by atoms with Crippen molar-refractivity contribution < 1.29 is 4.74 Å². The van der Waals surface area contributed by atoms with Crippen molar-refractivity contribution in [2.75, 3.05) is 11.9 Å². The van der Waals surface area contributed by atoms with E-state index in [2.05, 4.69) is 15.3 Å². The third-order valence-corrected chi connectivity index (χ3v) is 2.80. The molecule has 5 heteroatoms. The van der Waals surface area contributed by atoms with Gasteiger partial charge in [-0.25, -0.2) is 4.98 Å². The minimum Gasteiger partial charge on any atom is -0.438 e. The van der Waals surface area contributed by atoms with Gasteiger partial charge < -0.3 is 10.1 Å². The Balaban J connectivity index is 2.34. The fraction of sp³-hybridized carbons (Fsp3) is 0.286. The lowest BCUT2D eigenvalue weighted by Gasteiger charge is -2.12. The molecule has 0 amide bonds. The molecule has 0 bridgehead atoms. The first-order valence-electron chi connectivity index (χ1n) is 6.12. The zero-order valence-electron chi connectivity index (χ0n) is 11.2. The molecule has 0 saturated carbocycles. The second kappa shape index (κ2) is 5.89. The lowest BCUT2D eigenvalue weighted by molar-refractivity contribution is 0.456. The number of nitrogens with zero attached hydrogens (tertiary/aromatic N) is 2. The average molecular weight is 278 g/mol. The fourth-order valence-electron chi connectivity index (χ4n) is 1.68. The first-order chi connectivity index (χ1) is 9.10. The van der Waals surface area contributed by atoms with Gasteiger partial charge in [-0.15, -0.1) is 0 Å². The van der Waals surface area contributed by atoms with E-state index >= 15 is 0 Å². The Morgan fingerprint density at radius 3 is 2.74 bits per heavy atom. The molecule has 1 aromatic heterocycles. The molecule has 4 nitrogen and oxygen atoms in total. The summed E-state index contributed by atoms with van der Waals surface area (Å²) in [7, 11) is 0. The van der Waals surface area contributed by atoms with E-state index in [1.165, 1.54) is 0 Å². The van der Waals surface area contributed by atoms with Crippen molar-refractivity contribution in [1.82, 2.24) is 9.97 Å². The van der Waals surface area contributed by atoms with Gasteiger partial charge in [-0.3, -0.25) is 0 Å². The van der Waals surface area contributed by atoms with Crippen LogP contribution in [0.4, 0.5) is 5.82 Å². The number of hydrogen-bond acceptors (Lipinski definition) is 4. The summed E-state index contributed by atoms with van der Waals surface area (Å²) in [6.45, 7) is 6.59. The van der Waals surface area contributed by atoms with Crippen LogP contribution >= 0.6 is 11.6 Å². The maximum absolute atomic E-state index is 5.94. The van der Waals surface area contributed by atoms with Crippen molar-refractivity contribution in [3.63, 3.8) is 0 Å². The van der Waals surface area contributed by atoms with Crippen LogP contribution in [-0.2, 0) is 0 Å². The van der Waals surface area contributed by atoms with Gasteiger partial charge in [0.05, 0.1) is 5.56 Å². The largest absolute Gasteiger partial charge is 0.438 e. The monoisotopic (exact) mass is 277 g/mol. The van der Waals surface area contributed by atoms with Crippen LogP contribution in [0.3, 0.4) is 0 Å². The van der Waals surface area contributed by atoms with Gasteiger partial charge in [0.15, 0.2) is 0 Å². The number of halogens is 1. The molecule has 2 rings (SSSR count). The molecular weight excluding hydrogens is 262 g/mol. The zero-order valence-corrected chi connectivity index (χ0v) is 12.0. The summed E-state index contributed by atoms with van der Waals surface area (Å²) in [5.74, 6) is 2.67. The van der Waals surface area contributed by atoms with Gasteiger partial charge >= 0.3 is 0 Å². The molecular formula is C14H16ClN3O. The number of benzene rings is 1. The summed E-state index contributed by atoms with van der Waals surface area (Å²) in [4.78, 5) is 8.68. The first-order valence-corrected chi connectivity index (χ1v) is 6.50. The summed E-state index contributed by atoms with van der Waals surface area (Å²) >= 11 is 5.94. The molecule has 0 aliphatic heterocycles. The molecule has 19 heavy (non-hydrogen) atoms. The van der Waals surface area contributed by atoms with Gasteiger partial charge in [0.1, 0.15) is 17.4 Å². The van der Waals surface area contributed by atoms with E-state index in [0.29, 0.717) is 22.5 Å². The Morgan fingerprint density at radius 1 is 1.26 bits per heavy atom. The van der Waals surface area contributed by atoms with Crippen LogP contribution in [0.15, 0.2) is 24.3 Å². The minimum atomic E-state index is 0.547. The van der Waals surface area contributed by atoms with Gasteiger partial charge in [-0.2, -0.15) is 4.98 Å². The van der Waals surface area contributed by atoms with Crippen LogP contribution in [-0.4, -0.2) is 16.5 Å². The maximum Gasteiger partial charge on any atom is 0.227 e. The Labute approximate surface area is 117 Å². The quantitative estimate of drug-likeness (QED) is 0.918. The topological polar surface area (TPSA) is 47.0 Å². The second-order valence-electron chi connectivity index (χ2n) is 4.14. The van der Waals surface area contributed by atoms with Crippen molar-refractivity contribution in [3.05, 3.63) is 40.7 Å². The second-order valence-corrected chi connectivity index (χ2v) is 4.58. The molecule has 0 fully saturated rings. The minimum absolute atomic E-state index is 0.547. The number of aryl methyl sites for hydroxylation is 1. The van der Waals surface area contributed by atoms with Crippen LogP contribution in [0, 0.1) is 13.8 Å². The fourth-order valence-corrected chi connectivity index (χ4v) is 1.86. The summed E-state index contributed by atoms with van der Waals surface area (Å²) in [6, 6.07) is 7.24. The normalized spacial score (nSPS) is 10.3. The Morgan fingerprint density at radius 2 is 2.05 bits per heavy atom. The van der Waals surface area contributed by atoms with E-state index in [4.69, 9.17) is 16.3 Å². The van der Waals surface area contributed by atoms with Gasteiger partial charge in [-0.1, -0.05) is 17.7 Å². The van der Waals surface area contributed by atoms with Gasteiger partial charge in [0.25, 0.3) is 0 Å². The standard InChI is InChI=1S/C14H16ClN3O/c1-4-16-13-9(2)14(18-10(3)17-13)19-12-7-5-6-11(15)8-12/h5-8H,4H2,1-3H3,(H,16,17,18). The van der Waals surface area contributed by atoms with E-state index < -0.39 is 0 Å². The Bertz CT molecular complexity index is 587. The summed E-state index contributed by atoms with van der Waals surface area (Å²) < 4.78 is 5.78. The predicted molar refractivity (Wildman–Crippen MR) is 77.2 cm³/mol.